The fourth-order valence-electron chi connectivity index (χ4n) is 2.10. The van der Waals surface area contributed by atoms with E-state index in [-0.39, 0.29) is 5.91 Å². The molecule has 3 aromatic rings. The van der Waals surface area contributed by atoms with Crippen LogP contribution >= 0.6 is 22.7 Å². The van der Waals surface area contributed by atoms with Gasteiger partial charge in [0.2, 0.25) is 0 Å². The summed E-state index contributed by atoms with van der Waals surface area (Å²) < 4.78 is 1.97. The van der Waals surface area contributed by atoms with Gasteiger partial charge in [0.25, 0.3) is 5.91 Å². The van der Waals surface area contributed by atoms with Crippen LogP contribution in [-0.2, 0) is 13.0 Å². The zero-order valence-corrected chi connectivity index (χ0v) is 13.0. The second kappa shape index (κ2) is 5.38. The number of rotatable bonds is 4. The Balaban J connectivity index is 1.68. The lowest BCUT2D eigenvalue weighted by Crippen LogP contribution is -2.21. The number of aromatic nitrogens is 2. The normalized spacial score (nSPS) is 11.1. The first-order valence-electron chi connectivity index (χ1n) is 6.46. The first-order valence-corrected chi connectivity index (χ1v) is 8.15. The molecule has 3 aromatic heterocycles. The van der Waals surface area contributed by atoms with Gasteiger partial charge in [-0.2, -0.15) is 0 Å². The molecule has 0 bridgehead atoms. The molecule has 6 heteroatoms. The molecular formula is C14H15N3OS2. The molecule has 0 spiro atoms. The number of amides is 1. The van der Waals surface area contributed by atoms with E-state index in [1.165, 1.54) is 10.4 Å². The lowest BCUT2D eigenvalue weighted by atomic mass is 10.2. The summed E-state index contributed by atoms with van der Waals surface area (Å²) in [6.07, 6.45) is 4.88. The molecule has 1 N–H and O–H groups in total. The van der Waals surface area contributed by atoms with Crippen molar-refractivity contribution >= 4 is 33.5 Å². The maximum atomic E-state index is 12.1. The average Bonchev–Trinajstić information content (AvgIpc) is 3.09. The van der Waals surface area contributed by atoms with Crippen LogP contribution in [0.5, 0.6) is 0 Å². The number of fused-ring (bicyclic) bond motifs is 1. The Morgan fingerprint density at radius 2 is 2.35 bits per heavy atom. The predicted octanol–water partition coefficient (Wildman–Crippen LogP) is 3.26. The monoisotopic (exact) mass is 305 g/mol. The van der Waals surface area contributed by atoms with E-state index in [2.05, 4.69) is 24.1 Å². The van der Waals surface area contributed by atoms with Crippen molar-refractivity contribution in [2.45, 2.75) is 26.8 Å². The zero-order valence-electron chi connectivity index (χ0n) is 11.3. The Morgan fingerprint density at radius 3 is 3.05 bits per heavy atom. The van der Waals surface area contributed by atoms with Gasteiger partial charge in [-0.25, -0.2) is 4.98 Å². The second-order valence-corrected chi connectivity index (χ2v) is 6.68. The van der Waals surface area contributed by atoms with Crippen molar-refractivity contribution in [2.75, 3.05) is 0 Å². The van der Waals surface area contributed by atoms with Crippen molar-refractivity contribution < 1.29 is 4.79 Å². The number of carbonyl (C=O) groups excluding carboxylic acids is 1. The highest BCUT2D eigenvalue weighted by molar-refractivity contribution is 7.15. The van der Waals surface area contributed by atoms with E-state index in [4.69, 9.17) is 0 Å². The lowest BCUT2D eigenvalue weighted by Gasteiger charge is -2.00. The van der Waals surface area contributed by atoms with Crippen molar-refractivity contribution in [3.8, 4) is 0 Å². The van der Waals surface area contributed by atoms with Crippen LogP contribution in [0.1, 0.15) is 32.7 Å². The third-order valence-electron chi connectivity index (χ3n) is 3.20. The first-order chi connectivity index (χ1) is 9.67. The molecule has 0 aliphatic carbocycles. The molecule has 0 radical (unpaired) electrons. The van der Waals surface area contributed by atoms with Crippen molar-refractivity contribution in [1.82, 2.24) is 14.7 Å². The van der Waals surface area contributed by atoms with Gasteiger partial charge in [-0.1, -0.05) is 6.92 Å². The molecule has 0 fully saturated rings. The first kappa shape index (κ1) is 13.3. The molecule has 4 nitrogen and oxygen atoms in total. The van der Waals surface area contributed by atoms with E-state index in [9.17, 15) is 4.79 Å². The molecule has 0 aliphatic heterocycles. The van der Waals surface area contributed by atoms with Gasteiger partial charge in [0.1, 0.15) is 0 Å². The van der Waals surface area contributed by atoms with Crippen molar-refractivity contribution in [2.24, 2.45) is 0 Å². The van der Waals surface area contributed by atoms with Gasteiger partial charge in [-0.05, 0) is 25.0 Å². The highest BCUT2D eigenvalue weighted by atomic mass is 32.1. The van der Waals surface area contributed by atoms with Crippen molar-refractivity contribution in [3.05, 3.63) is 44.9 Å². The third-order valence-corrected chi connectivity index (χ3v) is 5.06. The van der Waals surface area contributed by atoms with Crippen LogP contribution in [0.15, 0.2) is 23.8 Å². The Bertz CT molecular complexity index is 725. The minimum absolute atomic E-state index is 0.0193. The van der Waals surface area contributed by atoms with Crippen LogP contribution in [-0.4, -0.2) is 15.3 Å². The summed E-state index contributed by atoms with van der Waals surface area (Å²) in [7, 11) is 0. The molecular weight excluding hydrogens is 290 g/mol. The summed E-state index contributed by atoms with van der Waals surface area (Å²) >= 11 is 3.14. The smallest absolute Gasteiger partial charge is 0.261 e. The van der Waals surface area contributed by atoms with E-state index in [0.717, 1.165) is 22.0 Å². The standard InChI is InChI=1S/C14H15N3OS2/c1-3-10-6-12(20-9(10)2)13(18)15-7-11-8-17-4-5-19-14(17)16-11/h4-6,8H,3,7H2,1-2H3,(H,15,18). The van der Waals surface area contributed by atoms with Crippen molar-refractivity contribution in [1.29, 1.82) is 0 Å². The Morgan fingerprint density at radius 1 is 1.50 bits per heavy atom. The van der Waals surface area contributed by atoms with Crippen LogP contribution < -0.4 is 5.32 Å². The molecule has 3 rings (SSSR count). The number of nitrogens with zero attached hydrogens (tertiary/aromatic N) is 2. The SMILES string of the molecule is CCc1cc(C(=O)NCc2cn3ccsc3n2)sc1C. The van der Waals surface area contributed by atoms with Crippen LogP contribution in [0.2, 0.25) is 0 Å². The summed E-state index contributed by atoms with van der Waals surface area (Å²) in [6.45, 7) is 4.63. The highest BCUT2D eigenvalue weighted by Crippen LogP contribution is 2.22. The molecule has 0 atom stereocenters. The van der Waals surface area contributed by atoms with Gasteiger partial charge in [0, 0.05) is 22.7 Å². The van der Waals surface area contributed by atoms with Crippen LogP contribution in [0.25, 0.3) is 4.96 Å². The highest BCUT2D eigenvalue weighted by Gasteiger charge is 2.12. The zero-order chi connectivity index (χ0) is 14.1. The van der Waals surface area contributed by atoms with Gasteiger partial charge in [-0.3, -0.25) is 9.20 Å². The molecule has 0 aliphatic rings. The number of aryl methyl sites for hydroxylation is 2. The summed E-state index contributed by atoms with van der Waals surface area (Å²) in [5.41, 5.74) is 2.14. The molecule has 104 valence electrons. The second-order valence-electron chi connectivity index (χ2n) is 4.55. The summed E-state index contributed by atoms with van der Waals surface area (Å²) in [6, 6.07) is 1.99. The molecule has 3 heterocycles. The number of carbonyl (C=O) groups is 1. The summed E-state index contributed by atoms with van der Waals surface area (Å²) in [5.74, 6) is -0.0193. The Kier molecular flexibility index (Phi) is 3.58. The van der Waals surface area contributed by atoms with E-state index >= 15 is 0 Å². The predicted molar refractivity (Wildman–Crippen MR) is 82.7 cm³/mol. The number of hydrogen-bond acceptors (Lipinski definition) is 4. The van der Waals surface area contributed by atoms with E-state index in [0.29, 0.717) is 6.54 Å². The van der Waals surface area contributed by atoms with E-state index in [1.54, 1.807) is 22.7 Å². The lowest BCUT2D eigenvalue weighted by molar-refractivity contribution is 0.0954. The average molecular weight is 305 g/mol. The summed E-state index contributed by atoms with van der Waals surface area (Å²) in [5, 5.41) is 4.92. The number of hydrogen-bond donors (Lipinski definition) is 1. The van der Waals surface area contributed by atoms with Crippen LogP contribution in [0.3, 0.4) is 0 Å². The maximum Gasteiger partial charge on any atom is 0.261 e. The number of imidazole rings is 1. The Labute approximate surface area is 125 Å². The van der Waals surface area contributed by atoms with E-state index < -0.39 is 0 Å². The molecule has 0 saturated carbocycles. The van der Waals surface area contributed by atoms with E-state index in [1.807, 2.05) is 28.2 Å². The Hall–Kier alpha value is -1.66. The molecule has 1 amide bonds. The molecule has 0 unspecified atom stereocenters. The quantitative estimate of drug-likeness (QED) is 0.804. The van der Waals surface area contributed by atoms with Crippen molar-refractivity contribution in [3.63, 3.8) is 0 Å². The van der Waals surface area contributed by atoms with Gasteiger partial charge in [-0.15, -0.1) is 22.7 Å². The molecule has 0 saturated heterocycles. The van der Waals surface area contributed by atoms with Crippen LogP contribution in [0, 0.1) is 6.92 Å². The number of thiazole rings is 1. The van der Waals surface area contributed by atoms with Gasteiger partial charge >= 0.3 is 0 Å². The van der Waals surface area contributed by atoms with Gasteiger partial charge in [0.15, 0.2) is 4.96 Å². The van der Waals surface area contributed by atoms with Gasteiger partial charge < -0.3 is 5.32 Å². The summed E-state index contributed by atoms with van der Waals surface area (Å²) in [4.78, 5) is 19.5. The fraction of sp³-hybridized carbons (Fsp3) is 0.286. The van der Waals surface area contributed by atoms with Crippen LogP contribution in [0.4, 0.5) is 0 Å². The minimum atomic E-state index is -0.0193. The largest absolute Gasteiger partial charge is 0.346 e. The number of thiophene rings is 1. The number of nitrogens with one attached hydrogen (secondary N) is 1. The third kappa shape index (κ3) is 2.48. The molecule has 0 aromatic carbocycles. The fourth-order valence-corrected chi connectivity index (χ4v) is 3.85. The minimum Gasteiger partial charge on any atom is -0.346 e. The topological polar surface area (TPSA) is 46.4 Å². The maximum absolute atomic E-state index is 12.1. The molecule has 20 heavy (non-hydrogen) atoms. The van der Waals surface area contributed by atoms with Gasteiger partial charge in [0.05, 0.1) is 17.1 Å².